The summed E-state index contributed by atoms with van der Waals surface area (Å²) in [6.07, 6.45) is 1.76. The lowest BCUT2D eigenvalue weighted by Gasteiger charge is -2.34. The van der Waals surface area contributed by atoms with Crippen molar-refractivity contribution in [3.63, 3.8) is 0 Å². The molecule has 0 atom stereocenters. The summed E-state index contributed by atoms with van der Waals surface area (Å²) in [4.78, 5) is 22.0. The normalized spacial score (nSPS) is 15.4. The number of anilines is 1. The van der Waals surface area contributed by atoms with E-state index in [1.54, 1.807) is 12.3 Å². The Balaban J connectivity index is 1.67. The number of halogens is 1. The van der Waals surface area contributed by atoms with Gasteiger partial charge in [-0.1, -0.05) is 12.1 Å². The fraction of sp³-hybridized carbons (Fsp3) is 0.304. The van der Waals surface area contributed by atoms with Gasteiger partial charge in [0.05, 0.1) is 11.2 Å². The van der Waals surface area contributed by atoms with Gasteiger partial charge in [0, 0.05) is 44.3 Å². The zero-order valence-electron chi connectivity index (χ0n) is 17.1. The minimum absolute atomic E-state index is 0.258. The maximum atomic E-state index is 15.1. The third-order valence-corrected chi connectivity index (χ3v) is 5.86. The van der Waals surface area contributed by atoms with Crippen molar-refractivity contribution < 1.29 is 8.81 Å². The molecule has 0 radical (unpaired) electrons. The van der Waals surface area contributed by atoms with Crippen LogP contribution in [0.1, 0.15) is 6.92 Å². The highest BCUT2D eigenvalue weighted by molar-refractivity contribution is 5.87. The maximum absolute atomic E-state index is 15.1. The van der Waals surface area contributed by atoms with Gasteiger partial charge < -0.3 is 18.8 Å². The van der Waals surface area contributed by atoms with Gasteiger partial charge in [-0.15, -0.1) is 0 Å². The van der Waals surface area contributed by atoms with Crippen molar-refractivity contribution >= 4 is 27.7 Å². The quantitative estimate of drug-likeness (QED) is 0.519. The number of rotatable bonds is 3. The van der Waals surface area contributed by atoms with E-state index < -0.39 is 0 Å². The number of likely N-dealkylation sites (N-methyl/N-ethyl adjacent to an activating group) is 1. The first-order valence-corrected chi connectivity index (χ1v) is 10.2. The van der Waals surface area contributed by atoms with E-state index in [-0.39, 0.29) is 17.1 Å². The molecule has 2 aromatic carbocycles. The van der Waals surface area contributed by atoms with Gasteiger partial charge in [-0.3, -0.25) is 4.79 Å². The van der Waals surface area contributed by atoms with Crippen molar-refractivity contribution in [3.8, 4) is 11.5 Å². The van der Waals surface area contributed by atoms with Crippen molar-refractivity contribution in [1.82, 2.24) is 14.5 Å². The molecular formula is C23H23FN4O2. The summed E-state index contributed by atoms with van der Waals surface area (Å²) < 4.78 is 22.8. The first kappa shape index (κ1) is 18.8. The molecule has 0 N–H and O–H groups in total. The number of pyridine rings is 1. The van der Waals surface area contributed by atoms with Crippen LogP contribution in [0.2, 0.25) is 0 Å². The van der Waals surface area contributed by atoms with Gasteiger partial charge in [0.25, 0.3) is 0 Å². The summed E-state index contributed by atoms with van der Waals surface area (Å²) in [5.41, 5.74) is 2.64. The first-order valence-electron chi connectivity index (χ1n) is 10.2. The van der Waals surface area contributed by atoms with Crippen LogP contribution in [-0.4, -0.2) is 47.7 Å². The van der Waals surface area contributed by atoms with Crippen LogP contribution in [-0.2, 0) is 6.54 Å². The molecule has 0 saturated carbocycles. The summed E-state index contributed by atoms with van der Waals surface area (Å²) in [5, 5.41) is 0.340. The molecule has 6 nitrogen and oxygen atoms in total. The predicted octanol–water partition coefficient (Wildman–Crippen LogP) is 3.72. The van der Waals surface area contributed by atoms with Crippen LogP contribution in [0.4, 0.5) is 10.1 Å². The Morgan fingerprint density at radius 3 is 2.63 bits per heavy atom. The largest absolute Gasteiger partial charge is 0.436 e. The van der Waals surface area contributed by atoms with Crippen LogP contribution in [0.15, 0.2) is 51.8 Å². The fourth-order valence-corrected chi connectivity index (χ4v) is 4.09. The molecule has 3 heterocycles. The Hall–Kier alpha value is -3.19. The van der Waals surface area contributed by atoms with Crippen molar-refractivity contribution in [2.75, 3.05) is 38.1 Å². The van der Waals surface area contributed by atoms with E-state index in [0.717, 1.165) is 31.7 Å². The second-order valence-corrected chi connectivity index (χ2v) is 7.76. The Labute approximate surface area is 173 Å². The molecule has 1 saturated heterocycles. The second kappa shape index (κ2) is 7.25. The Kier molecular flexibility index (Phi) is 4.55. The SMILES string of the molecule is CCn1cc(-c2nc3ccccc3o2)c(=O)c2cc(F)c(N3CCN(C)CC3)cc21. The van der Waals surface area contributed by atoms with E-state index in [0.29, 0.717) is 34.3 Å². The van der Waals surface area contributed by atoms with E-state index in [9.17, 15) is 4.79 Å². The summed E-state index contributed by atoms with van der Waals surface area (Å²) >= 11 is 0. The standard InChI is InChI=1S/C23H23FN4O2/c1-3-27-14-16(23-25-18-6-4-5-7-21(18)30-23)22(29)15-12-17(24)20(13-19(15)27)28-10-8-26(2)9-11-28/h4-7,12-14H,3,8-11H2,1-2H3. The van der Waals surface area contributed by atoms with E-state index in [4.69, 9.17) is 4.42 Å². The lowest BCUT2D eigenvalue weighted by atomic mass is 10.1. The van der Waals surface area contributed by atoms with Crippen LogP contribution >= 0.6 is 0 Å². The third-order valence-electron chi connectivity index (χ3n) is 5.86. The van der Waals surface area contributed by atoms with Crippen molar-refractivity contribution in [2.45, 2.75) is 13.5 Å². The van der Waals surface area contributed by atoms with Crippen molar-refractivity contribution in [2.24, 2.45) is 0 Å². The van der Waals surface area contributed by atoms with Gasteiger partial charge in [0.1, 0.15) is 16.9 Å². The highest BCUT2D eigenvalue weighted by Crippen LogP contribution is 2.28. The number of oxazole rings is 1. The van der Waals surface area contributed by atoms with Gasteiger partial charge in [-0.2, -0.15) is 0 Å². The molecule has 0 aliphatic carbocycles. The molecule has 2 aromatic heterocycles. The number of hydrogen-bond donors (Lipinski definition) is 0. The highest BCUT2D eigenvalue weighted by Gasteiger charge is 2.21. The van der Waals surface area contributed by atoms with Crippen molar-refractivity contribution in [3.05, 3.63) is 58.6 Å². The van der Waals surface area contributed by atoms with Gasteiger partial charge in [-0.25, -0.2) is 9.37 Å². The summed E-state index contributed by atoms with van der Waals surface area (Å²) in [5.74, 6) is -0.115. The summed E-state index contributed by atoms with van der Waals surface area (Å²) in [7, 11) is 2.07. The van der Waals surface area contributed by atoms with Gasteiger partial charge in [0.15, 0.2) is 5.58 Å². The van der Waals surface area contributed by atoms with Crippen LogP contribution in [0.5, 0.6) is 0 Å². The lowest BCUT2D eigenvalue weighted by Crippen LogP contribution is -2.44. The first-order chi connectivity index (χ1) is 14.5. The maximum Gasteiger partial charge on any atom is 0.232 e. The Bertz CT molecular complexity index is 1270. The number of piperazine rings is 1. The van der Waals surface area contributed by atoms with E-state index >= 15 is 4.39 Å². The van der Waals surface area contributed by atoms with Crippen LogP contribution < -0.4 is 10.3 Å². The minimum atomic E-state index is -0.374. The van der Waals surface area contributed by atoms with Gasteiger partial charge >= 0.3 is 0 Å². The van der Waals surface area contributed by atoms with Crippen LogP contribution in [0.25, 0.3) is 33.5 Å². The van der Waals surface area contributed by atoms with Gasteiger partial charge in [0.2, 0.25) is 11.3 Å². The number of hydrogen-bond acceptors (Lipinski definition) is 5. The van der Waals surface area contributed by atoms with Crippen molar-refractivity contribution in [1.29, 1.82) is 0 Å². The molecule has 1 aliphatic heterocycles. The second-order valence-electron chi connectivity index (χ2n) is 7.76. The number of para-hydroxylation sites is 2. The average Bonchev–Trinajstić information content (AvgIpc) is 3.19. The molecule has 1 fully saturated rings. The average molecular weight is 406 g/mol. The topological polar surface area (TPSA) is 54.5 Å². The molecule has 0 unspecified atom stereocenters. The monoisotopic (exact) mass is 406 g/mol. The van der Waals surface area contributed by atoms with E-state index in [1.807, 2.05) is 40.7 Å². The predicted molar refractivity (Wildman–Crippen MR) is 117 cm³/mol. The molecule has 0 amide bonds. The summed E-state index contributed by atoms with van der Waals surface area (Å²) in [6, 6.07) is 10.5. The molecule has 4 aromatic rings. The van der Waals surface area contributed by atoms with Crippen LogP contribution in [0.3, 0.4) is 0 Å². The fourth-order valence-electron chi connectivity index (χ4n) is 4.09. The molecule has 7 heteroatoms. The number of aryl methyl sites for hydroxylation is 1. The summed E-state index contributed by atoms with van der Waals surface area (Å²) in [6.45, 7) is 5.92. The number of fused-ring (bicyclic) bond motifs is 2. The highest BCUT2D eigenvalue weighted by atomic mass is 19.1. The molecule has 1 aliphatic rings. The third kappa shape index (κ3) is 3.06. The van der Waals surface area contributed by atoms with E-state index in [1.165, 1.54) is 6.07 Å². The number of aromatic nitrogens is 2. The lowest BCUT2D eigenvalue weighted by molar-refractivity contribution is 0.312. The molecule has 0 spiro atoms. The zero-order chi connectivity index (χ0) is 20.8. The zero-order valence-corrected chi connectivity index (χ0v) is 17.1. The van der Waals surface area contributed by atoms with E-state index in [2.05, 4.69) is 16.9 Å². The molecule has 0 bridgehead atoms. The van der Waals surface area contributed by atoms with Gasteiger partial charge in [-0.05, 0) is 38.2 Å². The smallest absolute Gasteiger partial charge is 0.232 e. The molecule has 5 rings (SSSR count). The molecule has 154 valence electrons. The number of benzene rings is 2. The Morgan fingerprint density at radius 1 is 1.13 bits per heavy atom. The number of nitrogens with zero attached hydrogens (tertiary/aromatic N) is 4. The molecule has 30 heavy (non-hydrogen) atoms. The van der Waals surface area contributed by atoms with Crippen LogP contribution in [0, 0.1) is 5.82 Å². The molecular weight excluding hydrogens is 383 g/mol. The Morgan fingerprint density at radius 2 is 1.90 bits per heavy atom. The minimum Gasteiger partial charge on any atom is -0.436 e.